The highest BCUT2D eigenvalue weighted by molar-refractivity contribution is 6.31. The van der Waals surface area contributed by atoms with Gasteiger partial charge in [0.15, 0.2) is 17.3 Å². The van der Waals surface area contributed by atoms with Crippen LogP contribution in [0, 0.1) is 17.6 Å². The summed E-state index contributed by atoms with van der Waals surface area (Å²) in [6.45, 7) is 13.9. The molecule has 3 aromatic rings. The van der Waals surface area contributed by atoms with Crippen LogP contribution < -0.4 is 20.6 Å². The Morgan fingerprint density at radius 2 is 2.06 bits per heavy atom. The van der Waals surface area contributed by atoms with Crippen molar-refractivity contribution in [2.45, 2.75) is 58.4 Å². The van der Waals surface area contributed by atoms with Gasteiger partial charge >= 0.3 is 5.69 Å². The lowest BCUT2D eigenvalue weighted by Gasteiger charge is -2.43. The van der Waals surface area contributed by atoms with Crippen LogP contribution in [0.5, 0.6) is 5.75 Å². The molecule has 0 radical (unpaired) electrons. The normalized spacial score (nSPS) is 23.8. The van der Waals surface area contributed by atoms with Crippen molar-refractivity contribution in [3.8, 4) is 17.0 Å². The minimum atomic E-state index is -1.33. The number of amides is 1. The van der Waals surface area contributed by atoms with Crippen molar-refractivity contribution >= 4 is 40.1 Å². The Labute approximate surface area is 287 Å². The zero-order valence-corrected chi connectivity index (χ0v) is 28.7. The predicted molar refractivity (Wildman–Crippen MR) is 183 cm³/mol. The Bertz CT molecular complexity index is 1960. The third-order valence-corrected chi connectivity index (χ3v) is 10.0. The maximum Gasteiger partial charge on any atom is 0.355 e. The van der Waals surface area contributed by atoms with Crippen LogP contribution in [0.15, 0.2) is 53.5 Å². The molecule has 11 nitrogen and oxygen atoms in total. The number of nitrogens with zero attached hydrogens (tertiary/aromatic N) is 5. The molecule has 49 heavy (non-hydrogen) atoms. The number of fused-ring (bicyclic) bond motifs is 4. The molecule has 1 amide bonds. The van der Waals surface area contributed by atoms with Gasteiger partial charge in [-0.1, -0.05) is 32.0 Å². The largest absolute Gasteiger partial charge is 0.490 e. The zero-order valence-electron chi connectivity index (χ0n) is 28.0. The number of nitrogens with one attached hydrogen (secondary N) is 1. The van der Waals surface area contributed by atoms with Gasteiger partial charge < -0.3 is 29.7 Å². The number of hydrogen-bond donors (Lipinski definition) is 2. The molecule has 0 aliphatic carbocycles. The Morgan fingerprint density at radius 3 is 2.73 bits per heavy atom. The molecular weight excluding hydrogens is 658 g/mol. The highest BCUT2D eigenvalue weighted by atomic mass is 35.5. The van der Waals surface area contributed by atoms with E-state index in [0.717, 1.165) is 0 Å². The number of dihydropyridines is 1. The number of anilines is 1. The van der Waals surface area contributed by atoms with Crippen molar-refractivity contribution in [3.63, 3.8) is 0 Å². The first-order valence-electron chi connectivity index (χ1n) is 16.2. The molecule has 260 valence electrons. The summed E-state index contributed by atoms with van der Waals surface area (Å²) in [5, 5.41) is 15.2. The molecule has 1 fully saturated rings. The number of hydrogen-bond acceptors (Lipinski definition) is 9. The second-order valence-electron chi connectivity index (χ2n) is 12.9. The fourth-order valence-corrected chi connectivity index (χ4v) is 6.94. The molecule has 3 aliphatic heterocycles. The summed E-state index contributed by atoms with van der Waals surface area (Å²) in [5.41, 5.74) is -1.86. The van der Waals surface area contributed by atoms with Crippen LogP contribution in [0.2, 0.25) is 5.02 Å². The number of carbonyl (C=O) groups is 1. The van der Waals surface area contributed by atoms with Gasteiger partial charge in [0, 0.05) is 37.9 Å². The Balaban J connectivity index is 1.74. The maximum atomic E-state index is 16.5. The Kier molecular flexibility index (Phi) is 9.29. The first-order valence-corrected chi connectivity index (χ1v) is 16.6. The van der Waals surface area contributed by atoms with Crippen molar-refractivity contribution in [2.24, 2.45) is 5.92 Å². The summed E-state index contributed by atoms with van der Waals surface area (Å²) in [5.74, 6) is -2.19. The molecule has 1 aromatic carbocycles. The highest BCUT2D eigenvalue weighted by Crippen LogP contribution is 2.42. The third-order valence-electron chi connectivity index (χ3n) is 9.73. The van der Waals surface area contributed by atoms with E-state index in [9.17, 15) is 14.7 Å². The van der Waals surface area contributed by atoms with Crippen molar-refractivity contribution < 1.29 is 28.2 Å². The van der Waals surface area contributed by atoms with Crippen molar-refractivity contribution in [3.05, 3.63) is 75.8 Å². The molecule has 0 saturated carbocycles. The van der Waals surface area contributed by atoms with E-state index < -0.39 is 40.8 Å². The van der Waals surface area contributed by atoms with Gasteiger partial charge in [0.25, 0.3) is 0 Å². The van der Waals surface area contributed by atoms with E-state index in [-0.39, 0.29) is 70.8 Å². The number of aliphatic hydroxyl groups is 1. The summed E-state index contributed by atoms with van der Waals surface area (Å²) >= 11 is 6.21. The summed E-state index contributed by atoms with van der Waals surface area (Å²) in [4.78, 5) is 39.6. The number of benzene rings is 1. The molecule has 14 heteroatoms. The molecule has 2 bridgehead atoms. The van der Waals surface area contributed by atoms with Crippen molar-refractivity contribution in [1.29, 1.82) is 0 Å². The van der Waals surface area contributed by atoms with Crippen LogP contribution in [0.25, 0.3) is 28.0 Å². The van der Waals surface area contributed by atoms with Crippen LogP contribution in [0.3, 0.4) is 0 Å². The van der Waals surface area contributed by atoms with Crippen LogP contribution in [0.4, 0.5) is 14.6 Å². The van der Waals surface area contributed by atoms with Crippen LogP contribution >= 0.6 is 11.6 Å². The number of piperazine rings is 1. The van der Waals surface area contributed by atoms with E-state index in [1.165, 1.54) is 28.8 Å². The lowest BCUT2D eigenvalue weighted by atomic mass is 9.79. The average molecular weight is 697 g/mol. The molecule has 6 rings (SSSR count). The number of rotatable bonds is 5. The van der Waals surface area contributed by atoms with Gasteiger partial charge in [-0.15, -0.1) is 0 Å². The number of ether oxygens (including phenoxy) is 2. The van der Waals surface area contributed by atoms with E-state index in [1.807, 2.05) is 32.6 Å². The van der Waals surface area contributed by atoms with Crippen molar-refractivity contribution in [2.75, 3.05) is 37.7 Å². The number of halogens is 3. The summed E-state index contributed by atoms with van der Waals surface area (Å²) < 4.78 is 45.7. The van der Waals surface area contributed by atoms with Crippen LogP contribution in [-0.4, -0.2) is 87.1 Å². The molecule has 3 unspecified atom stereocenters. The summed E-state index contributed by atoms with van der Waals surface area (Å²) in [7, 11) is 0. The summed E-state index contributed by atoms with van der Waals surface area (Å²) in [6.07, 6.45) is 2.29. The first-order chi connectivity index (χ1) is 23.3. The molecule has 0 spiro atoms. The topological polar surface area (TPSA) is 122 Å². The van der Waals surface area contributed by atoms with Crippen LogP contribution in [-0.2, 0) is 9.53 Å². The monoisotopic (exact) mass is 696 g/mol. The fourth-order valence-electron chi connectivity index (χ4n) is 6.79. The molecule has 1 saturated heterocycles. The lowest BCUT2D eigenvalue weighted by Crippen LogP contribution is -2.54. The second-order valence-corrected chi connectivity index (χ2v) is 13.3. The van der Waals surface area contributed by atoms with Crippen LogP contribution in [0.1, 0.15) is 34.6 Å². The van der Waals surface area contributed by atoms with E-state index in [2.05, 4.69) is 16.9 Å². The summed E-state index contributed by atoms with van der Waals surface area (Å²) in [6, 6.07) is 3.53. The highest BCUT2D eigenvalue weighted by Gasteiger charge is 2.42. The smallest absolute Gasteiger partial charge is 0.355 e. The molecule has 2 N–H and O–H groups in total. The van der Waals surface area contributed by atoms with Gasteiger partial charge in [-0.05, 0) is 63.2 Å². The van der Waals surface area contributed by atoms with Gasteiger partial charge in [0.1, 0.15) is 36.1 Å². The fraction of sp³-hybridized carbons (Fsp3) is 0.429. The standard InChI is InChI=1S/C35H39ClF2N6O5/c1-7-26(45)42-13-14-43(19(5)16-42)32-21-15-23(37)29-27-24(10-9-22(36)28(27)38)49-17-25(48-8-2)30(46)20-11-12-39-35(6,18(3)4)31(20)44(33(21)40-29)34(47)41-32/h7,9-12,15,18-19,25,30,39,46H,1,8,13-14,16-17H2,2-6H3/t19-,25?,30?,35?/m0/s1. The number of pyridine rings is 1. The van der Waals surface area contributed by atoms with E-state index in [1.54, 1.807) is 24.1 Å². The average Bonchev–Trinajstić information content (AvgIpc) is 3.07. The van der Waals surface area contributed by atoms with Gasteiger partial charge in [0.05, 0.1) is 27.2 Å². The first kappa shape index (κ1) is 34.5. The molecule has 5 heterocycles. The minimum absolute atomic E-state index is 0.0225. The zero-order chi connectivity index (χ0) is 35.4. The quantitative estimate of drug-likeness (QED) is 0.371. The van der Waals surface area contributed by atoms with E-state index in [4.69, 9.17) is 26.1 Å². The van der Waals surface area contributed by atoms with Crippen molar-refractivity contribution in [1.82, 2.24) is 24.8 Å². The number of aliphatic hydroxyl groups excluding tert-OH is 1. The Morgan fingerprint density at radius 1 is 1.31 bits per heavy atom. The molecule has 2 aromatic heterocycles. The Hall–Kier alpha value is -4.33. The molecular formula is C35H39ClF2N6O5. The van der Waals surface area contributed by atoms with Gasteiger partial charge in [0.2, 0.25) is 5.91 Å². The molecule has 4 atom stereocenters. The SMILES string of the molecule is C=CC(=O)N1CCN(c2nc(=O)n3c4nc(c(F)cc24)-c2c(ccc(Cl)c2F)OCC(OCC)C(O)C2=C3C(C)(C(C)C)NC=C2)[C@@H](C)C1. The van der Waals surface area contributed by atoms with Gasteiger partial charge in [-0.3, -0.25) is 4.79 Å². The van der Waals surface area contributed by atoms with E-state index >= 15 is 8.78 Å². The maximum absolute atomic E-state index is 16.5. The minimum Gasteiger partial charge on any atom is -0.490 e. The number of aromatic nitrogens is 3. The number of carbonyl (C=O) groups excluding carboxylic acids is 1. The van der Waals surface area contributed by atoms with Gasteiger partial charge in [-0.2, -0.15) is 4.98 Å². The second kappa shape index (κ2) is 13.2. The van der Waals surface area contributed by atoms with E-state index in [0.29, 0.717) is 24.4 Å². The third kappa shape index (κ3) is 5.77. The lowest BCUT2D eigenvalue weighted by molar-refractivity contribution is -0.126. The molecule has 3 aliphatic rings. The van der Waals surface area contributed by atoms with Gasteiger partial charge in [-0.25, -0.2) is 23.1 Å². The predicted octanol–water partition coefficient (Wildman–Crippen LogP) is 4.51.